The molecule has 0 fully saturated rings. The van der Waals surface area contributed by atoms with Crippen LogP contribution in [0.1, 0.15) is 17.4 Å². The molecule has 0 aliphatic heterocycles. The minimum atomic E-state index is -0.241. The summed E-state index contributed by atoms with van der Waals surface area (Å²) in [4.78, 5) is 0. The highest BCUT2D eigenvalue weighted by Gasteiger charge is 2.22. The molecule has 0 saturated carbocycles. The Labute approximate surface area is 112 Å². The predicted octanol–water partition coefficient (Wildman–Crippen LogP) is 2.24. The van der Waals surface area contributed by atoms with Crippen molar-refractivity contribution in [3.05, 3.63) is 58.7 Å². The Balaban J connectivity index is 2.15. The fourth-order valence-electron chi connectivity index (χ4n) is 1.99. The molecule has 0 aromatic carbocycles. The quantitative estimate of drug-likeness (QED) is 0.575. The van der Waals surface area contributed by atoms with Crippen molar-refractivity contribution in [2.75, 3.05) is 0 Å². The molecule has 6 heteroatoms. The van der Waals surface area contributed by atoms with E-state index in [1.807, 2.05) is 30.5 Å². The zero-order valence-electron chi connectivity index (χ0n) is 9.38. The molecule has 0 bridgehead atoms. The third kappa shape index (κ3) is 1.74. The zero-order chi connectivity index (χ0) is 12.5. The van der Waals surface area contributed by atoms with Crippen LogP contribution in [0.15, 0.2) is 51.8 Å². The number of rotatable bonds is 3. The highest BCUT2D eigenvalue weighted by molar-refractivity contribution is 9.10. The summed E-state index contributed by atoms with van der Waals surface area (Å²) >= 11 is 3.44. The lowest BCUT2D eigenvalue weighted by molar-refractivity contribution is 0.451. The first-order chi connectivity index (χ1) is 8.81. The van der Waals surface area contributed by atoms with Gasteiger partial charge in [-0.25, -0.2) is 9.94 Å². The maximum atomic E-state index is 5.65. The summed E-state index contributed by atoms with van der Waals surface area (Å²) < 4.78 is 8.14. The third-order valence-corrected chi connectivity index (χ3v) is 3.50. The van der Waals surface area contributed by atoms with Crippen LogP contribution in [0.5, 0.6) is 0 Å². The van der Waals surface area contributed by atoms with Crippen LogP contribution >= 0.6 is 15.9 Å². The highest BCUT2D eigenvalue weighted by atomic mass is 79.9. The van der Waals surface area contributed by atoms with Gasteiger partial charge in [0.05, 0.1) is 22.4 Å². The van der Waals surface area contributed by atoms with E-state index in [1.165, 1.54) is 0 Å². The van der Waals surface area contributed by atoms with Crippen LogP contribution in [0.4, 0.5) is 0 Å². The second kappa shape index (κ2) is 4.56. The van der Waals surface area contributed by atoms with Gasteiger partial charge in [-0.2, -0.15) is 5.10 Å². The SMILES string of the molecule is NNC(c1occc1Br)c1cnn2ccccc12. The van der Waals surface area contributed by atoms with Gasteiger partial charge < -0.3 is 4.42 Å². The van der Waals surface area contributed by atoms with Crippen molar-refractivity contribution in [3.63, 3.8) is 0 Å². The van der Waals surface area contributed by atoms with Gasteiger partial charge in [0, 0.05) is 11.8 Å². The average Bonchev–Trinajstić information content (AvgIpc) is 2.99. The topological polar surface area (TPSA) is 68.5 Å². The Morgan fingerprint density at radius 2 is 2.28 bits per heavy atom. The summed E-state index contributed by atoms with van der Waals surface area (Å²) in [5.74, 6) is 6.38. The number of aromatic nitrogens is 2. The zero-order valence-corrected chi connectivity index (χ0v) is 11.0. The lowest BCUT2D eigenvalue weighted by Gasteiger charge is -2.12. The monoisotopic (exact) mass is 306 g/mol. The fraction of sp³-hybridized carbons (Fsp3) is 0.0833. The number of pyridine rings is 1. The van der Waals surface area contributed by atoms with Gasteiger partial charge >= 0.3 is 0 Å². The van der Waals surface area contributed by atoms with Crippen molar-refractivity contribution in [2.45, 2.75) is 6.04 Å². The maximum absolute atomic E-state index is 5.65. The van der Waals surface area contributed by atoms with Crippen LogP contribution < -0.4 is 11.3 Å². The molecule has 18 heavy (non-hydrogen) atoms. The molecule has 3 aromatic heterocycles. The Morgan fingerprint density at radius 1 is 1.39 bits per heavy atom. The standard InChI is InChI=1S/C12H11BrN4O/c13-9-4-6-18-12(9)11(16-14)8-7-15-17-5-2-1-3-10(8)17/h1-7,11,16H,14H2. The van der Waals surface area contributed by atoms with Crippen LogP contribution in [-0.2, 0) is 0 Å². The molecule has 92 valence electrons. The Kier molecular flexibility index (Phi) is 2.91. The van der Waals surface area contributed by atoms with Crippen LogP contribution in [0.25, 0.3) is 5.52 Å². The van der Waals surface area contributed by atoms with Gasteiger partial charge in [0.15, 0.2) is 0 Å². The number of halogens is 1. The number of furan rings is 1. The van der Waals surface area contributed by atoms with E-state index in [0.717, 1.165) is 21.3 Å². The number of nitrogens with two attached hydrogens (primary N) is 1. The average molecular weight is 307 g/mol. The fourth-order valence-corrected chi connectivity index (χ4v) is 2.43. The van der Waals surface area contributed by atoms with E-state index in [0.29, 0.717) is 0 Å². The van der Waals surface area contributed by atoms with Crippen molar-refractivity contribution in [2.24, 2.45) is 5.84 Å². The molecule has 5 nitrogen and oxygen atoms in total. The highest BCUT2D eigenvalue weighted by Crippen LogP contribution is 2.30. The smallest absolute Gasteiger partial charge is 0.140 e. The molecule has 1 unspecified atom stereocenters. The summed E-state index contributed by atoms with van der Waals surface area (Å²) in [6.07, 6.45) is 5.30. The van der Waals surface area contributed by atoms with E-state index in [2.05, 4.69) is 26.5 Å². The second-order valence-electron chi connectivity index (χ2n) is 3.86. The maximum Gasteiger partial charge on any atom is 0.140 e. The minimum absolute atomic E-state index is 0.241. The number of hydrogen-bond acceptors (Lipinski definition) is 4. The second-order valence-corrected chi connectivity index (χ2v) is 4.72. The Hall–Kier alpha value is -1.63. The van der Waals surface area contributed by atoms with Gasteiger partial charge in [0.25, 0.3) is 0 Å². The summed E-state index contributed by atoms with van der Waals surface area (Å²) in [6, 6.07) is 7.48. The van der Waals surface area contributed by atoms with Gasteiger partial charge in [0.1, 0.15) is 11.8 Å². The third-order valence-electron chi connectivity index (χ3n) is 2.84. The van der Waals surface area contributed by atoms with Gasteiger partial charge in [-0.3, -0.25) is 5.84 Å². The van der Waals surface area contributed by atoms with Gasteiger partial charge in [-0.05, 0) is 34.1 Å². The molecule has 0 spiro atoms. The van der Waals surface area contributed by atoms with Crippen molar-refractivity contribution in [1.29, 1.82) is 0 Å². The van der Waals surface area contributed by atoms with E-state index < -0.39 is 0 Å². The number of fused-ring (bicyclic) bond motifs is 1. The van der Waals surface area contributed by atoms with Crippen LogP contribution in [-0.4, -0.2) is 9.61 Å². The summed E-state index contributed by atoms with van der Waals surface area (Å²) in [7, 11) is 0. The summed E-state index contributed by atoms with van der Waals surface area (Å²) in [5, 5.41) is 4.29. The van der Waals surface area contributed by atoms with Crippen LogP contribution in [0, 0.1) is 0 Å². The first kappa shape index (κ1) is 11.5. The van der Waals surface area contributed by atoms with Gasteiger partial charge in [-0.15, -0.1) is 0 Å². The van der Waals surface area contributed by atoms with E-state index in [9.17, 15) is 0 Å². The van der Waals surface area contributed by atoms with E-state index in [-0.39, 0.29) is 6.04 Å². The van der Waals surface area contributed by atoms with E-state index in [4.69, 9.17) is 10.3 Å². The molecular formula is C12H11BrN4O. The normalized spacial score (nSPS) is 13.0. The number of nitrogens with zero attached hydrogens (tertiary/aromatic N) is 2. The van der Waals surface area contributed by atoms with Crippen molar-refractivity contribution in [1.82, 2.24) is 15.0 Å². The van der Waals surface area contributed by atoms with Crippen molar-refractivity contribution < 1.29 is 4.42 Å². The molecule has 0 aliphatic carbocycles. The Morgan fingerprint density at radius 3 is 3.00 bits per heavy atom. The molecular weight excluding hydrogens is 296 g/mol. The first-order valence-electron chi connectivity index (χ1n) is 5.42. The van der Waals surface area contributed by atoms with Gasteiger partial charge in [0.2, 0.25) is 0 Å². The number of hydrogen-bond donors (Lipinski definition) is 2. The molecule has 0 radical (unpaired) electrons. The van der Waals surface area contributed by atoms with Crippen molar-refractivity contribution >= 4 is 21.4 Å². The first-order valence-corrected chi connectivity index (χ1v) is 6.22. The lowest BCUT2D eigenvalue weighted by atomic mass is 10.1. The molecule has 3 rings (SSSR count). The molecule has 0 aliphatic rings. The van der Waals surface area contributed by atoms with Crippen molar-refractivity contribution in [3.8, 4) is 0 Å². The minimum Gasteiger partial charge on any atom is -0.466 e. The number of nitrogens with one attached hydrogen (secondary N) is 1. The lowest BCUT2D eigenvalue weighted by Crippen LogP contribution is -2.28. The summed E-state index contributed by atoms with van der Waals surface area (Å²) in [5.41, 5.74) is 4.72. The van der Waals surface area contributed by atoms with Gasteiger partial charge in [-0.1, -0.05) is 6.07 Å². The molecule has 3 N–H and O–H groups in total. The van der Waals surface area contributed by atoms with E-state index >= 15 is 0 Å². The molecule has 0 saturated heterocycles. The van der Waals surface area contributed by atoms with E-state index in [1.54, 1.807) is 17.0 Å². The van der Waals surface area contributed by atoms with Crippen LogP contribution in [0.2, 0.25) is 0 Å². The largest absolute Gasteiger partial charge is 0.466 e. The molecule has 1 atom stereocenters. The molecule has 3 heterocycles. The molecule has 0 amide bonds. The number of hydrazine groups is 1. The predicted molar refractivity (Wildman–Crippen MR) is 70.8 cm³/mol. The summed E-state index contributed by atoms with van der Waals surface area (Å²) in [6.45, 7) is 0. The molecule has 3 aromatic rings. The Bertz CT molecular complexity index is 675. The van der Waals surface area contributed by atoms with Crippen LogP contribution in [0.3, 0.4) is 0 Å².